The minimum atomic E-state index is -0.693. The van der Waals surface area contributed by atoms with E-state index in [4.69, 9.17) is 0 Å². The van der Waals surface area contributed by atoms with Crippen LogP contribution in [0, 0.1) is 5.82 Å². The Morgan fingerprint density at radius 1 is 0.812 bits per heavy atom. The Kier molecular flexibility index (Phi) is 8.14. The largest absolute Gasteiger partial charge is 0.352 e. The second-order valence-electron chi connectivity index (χ2n) is 8.18. The second-order valence-corrected chi connectivity index (χ2v) is 8.18. The van der Waals surface area contributed by atoms with E-state index >= 15 is 0 Å². The van der Waals surface area contributed by atoms with Gasteiger partial charge in [-0.05, 0) is 42.7 Å². The molecule has 32 heavy (non-hydrogen) atoms. The summed E-state index contributed by atoms with van der Waals surface area (Å²) in [5, 5.41) is 2.96. The summed E-state index contributed by atoms with van der Waals surface area (Å²) in [4.78, 5) is 28.3. The summed E-state index contributed by atoms with van der Waals surface area (Å²) < 4.78 is 13.4. The van der Waals surface area contributed by atoms with Gasteiger partial charge in [0.2, 0.25) is 11.8 Å². The fourth-order valence-corrected chi connectivity index (χ4v) is 3.59. The van der Waals surface area contributed by atoms with Gasteiger partial charge in [-0.1, -0.05) is 72.8 Å². The number of nitrogens with one attached hydrogen (secondary N) is 1. The summed E-state index contributed by atoms with van der Waals surface area (Å²) >= 11 is 0. The van der Waals surface area contributed by atoms with E-state index in [1.165, 1.54) is 12.1 Å². The van der Waals surface area contributed by atoms with Gasteiger partial charge in [-0.15, -0.1) is 0 Å². The van der Waals surface area contributed by atoms with Gasteiger partial charge >= 0.3 is 0 Å². The van der Waals surface area contributed by atoms with E-state index < -0.39 is 6.04 Å². The molecule has 2 amide bonds. The molecule has 0 spiro atoms. The molecule has 4 nitrogen and oxygen atoms in total. The third-order valence-electron chi connectivity index (χ3n) is 5.17. The second kappa shape index (κ2) is 11.2. The molecule has 0 aliphatic carbocycles. The maximum atomic E-state index is 13.5. The van der Waals surface area contributed by atoms with Crippen molar-refractivity contribution in [3.05, 3.63) is 107 Å². The van der Waals surface area contributed by atoms with E-state index in [1.807, 2.05) is 74.5 Å². The van der Waals surface area contributed by atoms with Gasteiger partial charge in [0.15, 0.2) is 0 Å². The molecule has 1 atom stereocenters. The SMILES string of the molecule is CC(C)NC(=O)[C@H](Cc1ccccc1)N(Cc1ccc(F)cc1)C(=O)Cc1ccccc1. The van der Waals surface area contributed by atoms with Crippen molar-refractivity contribution in [2.24, 2.45) is 0 Å². The highest BCUT2D eigenvalue weighted by Crippen LogP contribution is 2.17. The number of amides is 2. The maximum absolute atomic E-state index is 13.5. The predicted octanol–water partition coefficient (Wildman–Crippen LogP) is 4.53. The number of carbonyl (C=O) groups excluding carboxylic acids is 2. The molecule has 0 aliphatic rings. The van der Waals surface area contributed by atoms with Gasteiger partial charge in [0.25, 0.3) is 0 Å². The lowest BCUT2D eigenvalue weighted by molar-refractivity contribution is -0.141. The van der Waals surface area contributed by atoms with E-state index in [1.54, 1.807) is 17.0 Å². The fraction of sp³-hybridized carbons (Fsp3) is 0.259. The van der Waals surface area contributed by atoms with Crippen molar-refractivity contribution in [3.8, 4) is 0 Å². The Hall–Kier alpha value is -3.47. The van der Waals surface area contributed by atoms with Gasteiger partial charge in [0, 0.05) is 19.0 Å². The monoisotopic (exact) mass is 432 g/mol. The number of benzene rings is 3. The van der Waals surface area contributed by atoms with Gasteiger partial charge < -0.3 is 10.2 Å². The average molecular weight is 433 g/mol. The van der Waals surface area contributed by atoms with Gasteiger partial charge in [-0.2, -0.15) is 0 Å². The molecular weight excluding hydrogens is 403 g/mol. The standard InChI is InChI=1S/C27H29FN2O2/c1-20(2)29-27(32)25(17-21-9-5-3-6-10-21)30(19-23-13-15-24(28)16-14-23)26(31)18-22-11-7-4-8-12-22/h3-16,20,25H,17-19H2,1-2H3,(H,29,32)/t25-/m0/s1. The summed E-state index contributed by atoms with van der Waals surface area (Å²) in [6.45, 7) is 4.01. The van der Waals surface area contributed by atoms with Crippen molar-refractivity contribution in [1.29, 1.82) is 0 Å². The quantitative estimate of drug-likeness (QED) is 0.540. The molecule has 0 fully saturated rings. The Bertz CT molecular complexity index is 1000. The van der Waals surface area contributed by atoms with Crippen LogP contribution in [0.1, 0.15) is 30.5 Å². The van der Waals surface area contributed by atoms with E-state index in [9.17, 15) is 14.0 Å². The van der Waals surface area contributed by atoms with Crippen LogP contribution in [0.5, 0.6) is 0 Å². The number of hydrogen-bond donors (Lipinski definition) is 1. The highest BCUT2D eigenvalue weighted by molar-refractivity contribution is 5.89. The average Bonchev–Trinajstić information content (AvgIpc) is 2.78. The molecule has 0 unspecified atom stereocenters. The zero-order valence-corrected chi connectivity index (χ0v) is 18.5. The topological polar surface area (TPSA) is 49.4 Å². The zero-order chi connectivity index (χ0) is 22.9. The van der Waals surface area contributed by atoms with Crippen LogP contribution in [-0.4, -0.2) is 28.8 Å². The summed E-state index contributed by atoms with van der Waals surface area (Å²) in [6, 6.07) is 24.4. The van der Waals surface area contributed by atoms with Crippen molar-refractivity contribution < 1.29 is 14.0 Å². The molecule has 166 valence electrons. The Labute approximate surface area is 189 Å². The van der Waals surface area contributed by atoms with Crippen LogP contribution in [0.2, 0.25) is 0 Å². The van der Waals surface area contributed by atoms with Crippen LogP contribution < -0.4 is 5.32 Å². The molecule has 0 aliphatic heterocycles. The summed E-state index contributed by atoms with van der Waals surface area (Å²) in [5.74, 6) is -0.693. The minimum absolute atomic E-state index is 0.0577. The lowest BCUT2D eigenvalue weighted by Gasteiger charge is -2.32. The number of nitrogens with zero attached hydrogens (tertiary/aromatic N) is 1. The van der Waals surface area contributed by atoms with Crippen molar-refractivity contribution in [3.63, 3.8) is 0 Å². The van der Waals surface area contributed by atoms with Gasteiger partial charge in [-0.3, -0.25) is 9.59 Å². The molecule has 3 rings (SSSR count). The Morgan fingerprint density at radius 3 is 1.94 bits per heavy atom. The van der Waals surface area contributed by atoms with Crippen molar-refractivity contribution in [1.82, 2.24) is 10.2 Å². The third kappa shape index (κ3) is 6.77. The summed E-state index contributed by atoms with van der Waals surface area (Å²) in [7, 11) is 0. The molecule has 3 aromatic carbocycles. The first-order valence-corrected chi connectivity index (χ1v) is 10.8. The number of halogens is 1. The van der Waals surface area contributed by atoms with Crippen LogP contribution in [-0.2, 0) is 29.0 Å². The third-order valence-corrected chi connectivity index (χ3v) is 5.17. The van der Waals surface area contributed by atoms with E-state index in [0.29, 0.717) is 6.42 Å². The van der Waals surface area contributed by atoms with Crippen LogP contribution in [0.4, 0.5) is 4.39 Å². The van der Waals surface area contributed by atoms with Crippen molar-refractivity contribution in [2.45, 2.75) is 45.3 Å². The van der Waals surface area contributed by atoms with Gasteiger partial charge in [0.1, 0.15) is 11.9 Å². The smallest absolute Gasteiger partial charge is 0.243 e. The first kappa shape index (κ1) is 23.2. The molecule has 0 saturated heterocycles. The molecule has 0 saturated carbocycles. The van der Waals surface area contributed by atoms with E-state index in [2.05, 4.69) is 5.32 Å². The maximum Gasteiger partial charge on any atom is 0.243 e. The van der Waals surface area contributed by atoms with Crippen LogP contribution in [0.15, 0.2) is 84.9 Å². The highest BCUT2D eigenvalue weighted by Gasteiger charge is 2.30. The van der Waals surface area contributed by atoms with Crippen molar-refractivity contribution >= 4 is 11.8 Å². The summed E-state index contributed by atoms with van der Waals surface area (Å²) in [6.07, 6.45) is 0.573. The minimum Gasteiger partial charge on any atom is -0.352 e. The van der Waals surface area contributed by atoms with E-state index in [0.717, 1.165) is 16.7 Å². The Balaban J connectivity index is 1.94. The first-order chi connectivity index (χ1) is 15.4. The van der Waals surface area contributed by atoms with Gasteiger partial charge in [0.05, 0.1) is 6.42 Å². The zero-order valence-electron chi connectivity index (χ0n) is 18.5. The first-order valence-electron chi connectivity index (χ1n) is 10.8. The molecule has 0 radical (unpaired) electrons. The number of hydrogen-bond acceptors (Lipinski definition) is 2. The number of rotatable bonds is 9. The summed E-state index contributed by atoms with van der Waals surface area (Å²) in [5.41, 5.74) is 2.61. The predicted molar refractivity (Wildman–Crippen MR) is 124 cm³/mol. The molecule has 1 N–H and O–H groups in total. The van der Waals surface area contributed by atoms with E-state index in [-0.39, 0.29) is 36.6 Å². The van der Waals surface area contributed by atoms with Crippen LogP contribution in [0.3, 0.4) is 0 Å². The molecule has 3 aromatic rings. The lowest BCUT2D eigenvalue weighted by atomic mass is 10.0. The van der Waals surface area contributed by atoms with Gasteiger partial charge in [-0.25, -0.2) is 4.39 Å². The van der Waals surface area contributed by atoms with Crippen LogP contribution in [0.25, 0.3) is 0 Å². The van der Waals surface area contributed by atoms with Crippen LogP contribution >= 0.6 is 0 Å². The molecule has 0 aromatic heterocycles. The number of carbonyl (C=O) groups is 2. The van der Waals surface area contributed by atoms with Crippen molar-refractivity contribution in [2.75, 3.05) is 0 Å². The highest BCUT2D eigenvalue weighted by atomic mass is 19.1. The molecule has 5 heteroatoms. The normalized spacial score (nSPS) is 11.8. The lowest BCUT2D eigenvalue weighted by Crippen LogP contribution is -2.52. The fourth-order valence-electron chi connectivity index (χ4n) is 3.59. The molecular formula is C27H29FN2O2. The Morgan fingerprint density at radius 2 is 1.38 bits per heavy atom. The molecule has 0 heterocycles. The molecule has 0 bridgehead atoms.